The van der Waals surface area contributed by atoms with Crippen LogP contribution in [0, 0.1) is 11.3 Å². The molecule has 24 heavy (non-hydrogen) atoms. The van der Waals surface area contributed by atoms with Gasteiger partial charge in [0.1, 0.15) is 6.07 Å². The monoisotopic (exact) mass is 315 g/mol. The van der Waals surface area contributed by atoms with Crippen molar-refractivity contribution < 1.29 is 4.79 Å². The SMILES string of the molecule is CN(C)c1ccc(Nc2ccc(C(=O)C#N)c3ccccc23)cc1. The first-order valence-corrected chi connectivity index (χ1v) is 7.61. The van der Waals surface area contributed by atoms with Gasteiger partial charge in [-0.1, -0.05) is 24.3 Å². The van der Waals surface area contributed by atoms with Crippen LogP contribution in [-0.4, -0.2) is 19.9 Å². The van der Waals surface area contributed by atoms with Crippen molar-refractivity contribution in [2.45, 2.75) is 0 Å². The average molecular weight is 315 g/mol. The molecule has 0 aliphatic carbocycles. The van der Waals surface area contributed by atoms with Crippen molar-refractivity contribution in [3.8, 4) is 6.07 Å². The zero-order valence-electron chi connectivity index (χ0n) is 13.6. The minimum Gasteiger partial charge on any atom is -0.378 e. The van der Waals surface area contributed by atoms with E-state index in [1.807, 2.05) is 73.6 Å². The Balaban J connectivity index is 2.02. The first kappa shape index (κ1) is 15.6. The van der Waals surface area contributed by atoms with Gasteiger partial charge in [-0.15, -0.1) is 0 Å². The number of carbonyl (C=O) groups excluding carboxylic acids is 1. The summed E-state index contributed by atoms with van der Waals surface area (Å²) in [5.74, 6) is -0.520. The minimum absolute atomic E-state index is 0.432. The topological polar surface area (TPSA) is 56.1 Å². The van der Waals surface area contributed by atoms with Gasteiger partial charge in [0, 0.05) is 42.1 Å². The lowest BCUT2D eigenvalue weighted by Crippen LogP contribution is -2.08. The van der Waals surface area contributed by atoms with E-state index in [2.05, 4.69) is 5.32 Å². The summed E-state index contributed by atoms with van der Waals surface area (Å²) < 4.78 is 0. The van der Waals surface area contributed by atoms with Crippen molar-refractivity contribution >= 4 is 33.6 Å². The number of hydrogen-bond acceptors (Lipinski definition) is 4. The molecule has 0 amide bonds. The van der Waals surface area contributed by atoms with E-state index < -0.39 is 5.78 Å². The van der Waals surface area contributed by atoms with Crippen LogP contribution in [0.3, 0.4) is 0 Å². The van der Waals surface area contributed by atoms with Gasteiger partial charge in [0.15, 0.2) is 0 Å². The third-order valence-electron chi connectivity index (χ3n) is 3.93. The van der Waals surface area contributed by atoms with Crippen LogP contribution in [-0.2, 0) is 0 Å². The predicted molar refractivity (Wildman–Crippen MR) is 97.9 cm³/mol. The van der Waals surface area contributed by atoms with Crippen molar-refractivity contribution in [2.75, 3.05) is 24.3 Å². The summed E-state index contributed by atoms with van der Waals surface area (Å²) in [5.41, 5.74) is 3.42. The number of rotatable bonds is 4. The second kappa shape index (κ2) is 6.43. The highest BCUT2D eigenvalue weighted by molar-refractivity contribution is 6.17. The normalized spacial score (nSPS) is 10.2. The van der Waals surface area contributed by atoms with Crippen LogP contribution < -0.4 is 10.2 Å². The van der Waals surface area contributed by atoms with Gasteiger partial charge >= 0.3 is 0 Å². The molecule has 4 heteroatoms. The maximum Gasteiger partial charge on any atom is 0.262 e. The number of carbonyl (C=O) groups is 1. The molecular weight excluding hydrogens is 298 g/mol. The van der Waals surface area contributed by atoms with Crippen LogP contribution in [0.2, 0.25) is 0 Å². The molecule has 118 valence electrons. The number of nitriles is 1. The highest BCUT2D eigenvalue weighted by Gasteiger charge is 2.11. The van der Waals surface area contributed by atoms with Gasteiger partial charge in [-0.2, -0.15) is 5.26 Å². The van der Waals surface area contributed by atoms with Crippen molar-refractivity contribution in [3.05, 3.63) is 66.2 Å². The van der Waals surface area contributed by atoms with E-state index in [1.54, 1.807) is 12.1 Å². The summed E-state index contributed by atoms with van der Waals surface area (Å²) in [7, 11) is 4.00. The third kappa shape index (κ3) is 2.92. The molecule has 1 N–H and O–H groups in total. The van der Waals surface area contributed by atoms with E-state index >= 15 is 0 Å². The number of nitrogens with one attached hydrogen (secondary N) is 1. The summed E-state index contributed by atoms with van der Waals surface area (Å²) in [6.45, 7) is 0. The molecule has 0 saturated carbocycles. The number of fused-ring (bicyclic) bond motifs is 1. The molecule has 3 aromatic rings. The van der Waals surface area contributed by atoms with Gasteiger partial charge in [-0.3, -0.25) is 4.79 Å². The number of nitrogens with zero attached hydrogens (tertiary/aromatic N) is 2. The summed E-state index contributed by atoms with van der Waals surface area (Å²) in [6.07, 6.45) is 0. The van der Waals surface area contributed by atoms with Crippen LogP contribution in [0.4, 0.5) is 17.1 Å². The van der Waals surface area contributed by atoms with Crippen LogP contribution >= 0.6 is 0 Å². The Morgan fingerprint density at radius 1 is 0.958 bits per heavy atom. The molecule has 0 fully saturated rings. The van der Waals surface area contributed by atoms with Crippen LogP contribution in [0.5, 0.6) is 0 Å². The number of hydrogen-bond donors (Lipinski definition) is 1. The molecule has 0 unspecified atom stereocenters. The Hall–Kier alpha value is -3.32. The average Bonchev–Trinajstić information content (AvgIpc) is 2.62. The highest BCUT2D eigenvalue weighted by atomic mass is 16.1. The highest BCUT2D eigenvalue weighted by Crippen LogP contribution is 2.30. The zero-order valence-corrected chi connectivity index (χ0v) is 13.6. The van der Waals surface area contributed by atoms with Gasteiger partial charge in [-0.25, -0.2) is 0 Å². The largest absolute Gasteiger partial charge is 0.378 e. The van der Waals surface area contributed by atoms with Gasteiger partial charge in [0.25, 0.3) is 5.78 Å². The molecule has 0 aromatic heterocycles. The van der Waals surface area contributed by atoms with Gasteiger partial charge in [0.05, 0.1) is 0 Å². The van der Waals surface area contributed by atoms with Crippen molar-refractivity contribution in [1.82, 2.24) is 0 Å². The van der Waals surface area contributed by atoms with Crippen molar-refractivity contribution in [1.29, 1.82) is 5.26 Å². The zero-order chi connectivity index (χ0) is 17.1. The maximum absolute atomic E-state index is 11.8. The second-order valence-electron chi connectivity index (χ2n) is 5.71. The molecule has 0 spiro atoms. The van der Waals surface area contributed by atoms with E-state index in [4.69, 9.17) is 5.26 Å². The van der Waals surface area contributed by atoms with Crippen molar-refractivity contribution in [2.24, 2.45) is 0 Å². The Bertz CT molecular complexity index is 937. The predicted octanol–water partition coefficient (Wildman–Crippen LogP) is 4.36. The quantitative estimate of drug-likeness (QED) is 0.574. The summed E-state index contributed by atoms with van der Waals surface area (Å²) in [4.78, 5) is 13.9. The first-order chi connectivity index (χ1) is 11.6. The Morgan fingerprint density at radius 2 is 1.62 bits per heavy atom. The molecule has 0 aliphatic heterocycles. The summed E-state index contributed by atoms with van der Waals surface area (Å²) in [5, 5.41) is 14.0. The molecule has 4 nitrogen and oxygen atoms in total. The first-order valence-electron chi connectivity index (χ1n) is 7.61. The van der Waals surface area contributed by atoms with Crippen LogP contribution in [0.1, 0.15) is 10.4 Å². The molecule has 0 saturated heterocycles. The second-order valence-corrected chi connectivity index (χ2v) is 5.71. The maximum atomic E-state index is 11.8. The number of ketones is 1. The van der Waals surface area contributed by atoms with Crippen LogP contribution in [0.15, 0.2) is 60.7 Å². The summed E-state index contributed by atoms with van der Waals surface area (Å²) >= 11 is 0. The fourth-order valence-electron chi connectivity index (χ4n) is 2.66. The number of anilines is 3. The molecule has 0 heterocycles. The molecule has 0 atom stereocenters. The summed E-state index contributed by atoms with van der Waals surface area (Å²) in [6, 6.07) is 20.9. The molecule has 3 aromatic carbocycles. The Labute approximate surface area is 140 Å². The lowest BCUT2D eigenvalue weighted by atomic mass is 10.00. The molecule has 0 bridgehead atoms. The van der Waals surface area contributed by atoms with E-state index in [9.17, 15) is 4.79 Å². The van der Waals surface area contributed by atoms with Crippen LogP contribution in [0.25, 0.3) is 10.8 Å². The smallest absolute Gasteiger partial charge is 0.262 e. The standard InChI is InChI=1S/C20H17N3O/c1-23(2)15-9-7-14(8-10-15)22-19-12-11-18(20(24)13-21)16-5-3-4-6-17(16)19/h3-12,22H,1-2H3. The minimum atomic E-state index is -0.520. The van der Waals surface area contributed by atoms with Gasteiger partial charge in [0.2, 0.25) is 0 Å². The van der Waals surface area contributed by atoms with Gasteiger partial charge < -0.3 is 10.2 Å². The van der Waals surface area contributed by atoms with Gasteiger partial charge in [-0.05, 0) is 41.8 Å². The Morgan fingerprint density at radius 3 is 2.25 bits per heavy atom. The fourth-order valence-corrected chi connectivity index (χ4v) is 2.66. The van der Waals surface area contributed by atoms with E-state index in [0.717, 1.165) is 27.8 Å². The number of benzene rings is 3. The molecular formula is C20H17N3O. The molecule has 0 radical (unpaired) electrons. The van der Waals surface area contributed by atoms with Crippen molar-refractivity contribution in [3.63, 3.8) is 0 Å². The molecule has 3 rings (SSSR count). The van der Waals surface area contributed by atoms with E-state index in [-0.39, 0.29) is 0 Å². The van der Waals surface area contributed by atoms with E-state index in [1.165, 1.54) is 0 Å². The molecule has 0 aliphatic rings. The lowest BCUT2D eigenvalue weighted by Gasteiger charge is -2.15. The number of Topliss-reactive ketones (excluding diaryl/α,β-unsaturated/α-hetero) is 1. The Kier molecular flexibility index (Phi) is 4.17. The van der Waals surface area contributed by atoms with E-state index in [0.29, 0.717) is 5.56 Å². The fraction of sp³-hybridized carbons (Fsp3) is 0.100. The lowest BCUT2D eigenvalue weighted by molar-refractivity contribution is 0.105. The third-order valence-corrected chi connectivity index (χ3v) is 3.93.